The Morgan fingerprint density at radius 2 is 2.09 bits per heavy atom. The van der Waals surface area contributed by atoms with Crippen molar-refractivity contribution in [3.05, 3.63) is 0 Å². The lowest BCUT2D eigenvalue weighted by Gasteiger charge is -2.38. The molecule has 1 heteroatoms. The Kier molecular flexibility index (Phi) is 2.17. The molecule has 11 heavy (non-hydrogen) atoms. The van der Waals surface area contributed by atoms with Gasteiger partial charge in [-0.1, -0.05) is 13.3 Å². The molecule has 1 nitrogen and oxygen atoms in total. The molecule has 2 fully saturated rings. The summed E-state index contributed by atoms with van der Waals surface area (Å²) in [5.41, 5.74) is 0. The summed E-state index contributed by atoms with van der Waals surface area (Å²) in [7, 11) is 0. The Labute approximate surface area is 69.6 Å². The number of piperidine rings is 1. The van der Waals surface area contributed by atoms with Crippen LogP contribution in [-0.4, -0.2) is 12.6 Å². The van der Waals surface area contributed by atoms with Crippen LogP contribution in [0.1, 0.15) is 39.0 Å². The summed E-state index contributed by atoms with van der Waals surface area (Å²) in [5.74, 6) is 2.00. The van der Waals surface area contributed by atoms with Crippen LogP contribution >= 0.6 is 0 Å². The summed E-state index contributed by atoms with van der Waals surface area (Å²) in [5, 5.41) is 3.65. The minimum atomic E-state index is 0.882. The zero-order valence-electron chi connectivity index (χ0n) is 7.47. The van der Waals surface area contributed by atoms with E-state index in [2.05, 4.69) is 12.2 Å². The Balaban J connectivity index is 1.93. The maximum absolute atomic E-state index is 3.65. The second kappa shape index (κ2) is 3.14. The number of fused-ring (bicyclic) bond motifs is 1. The minimum Gasteiger partial charge on any atom is -0.314 e. The second-order valence-electron chi connectivity index (χ2n) is 4.38. The SMILES string of the molecule is CC1CCC2CCCNC2C1. The molecule has 3 atom stereocenters. The van der Waals surface area contributed by atoms with Crippen LogP contribution in [0.5, 0.6) is 0 Å². The molecule has 0 amide bonds. The van der Waals surface area contributed by atoms with Crippen LogP contribution in [0.3, 0.4) is 0 Å². The fourth-order valence-electron chi connectivity index (χ4n) is 2.69. The third-order valence-corrected chi connectivity index (χ3v) is 3.41. The summed E-state index contributed by atoms with van der Waals surface area (Å²) < 4.78 is 0. The van der Waals surface area contributed by atoms with Gasteiger partial charge in [0.25, 0.3) is 0 Å². The molecule has 0 spiro atoms. The van der Waals surface area contributed by atoms with Crippen LogP contribution in [0, 0.1) is 11.8 Å². The Morgan fingerprint density at radius 1 is 1.18 bits per heavy atom. The van der Waals surface area contributed by atoms with Crippen LogP contribution < -0.4 is 5.32 Å². The zero-order chi connectivity index (χ0) is 7.68. The van der Waals surface area contributed by atoms with Crippen molar-refractivity contribution in [3.63, 3.8) is 0 Å². The smallest absolute Gasteiger partial charge is 0.00978 e. The highest BCUT2D eigenvalue weighted by molar-refractivity contribution is 4.86. The number of rotatable bonds is 0. The predicted molar refractivity (Wildman–Crippen MR) is 47.5 cm³/mol. The van der Waals surface area contributed by atoms with Crippen molar-refractivity contribution in [2.45, 2.75) is 45.1 Å². The van der Waals surface area contributed by atoms with Gasteiger partial charge in [0.1, 0.15) is 0 Å². The first-order valence-corrected chi connectivity index (χ1v) is 5.09. The zero-order valence-corrected chi connectivity index (χ0v) is 7.47. The maximum atomic E-state index is 3.65. The van der Waals surface area contributed by atoms with Crippen molar-refractivity contribution in [3.8, 4) is 0 Å². The van der Waals surface area contributed by atoms with E-state index in [-0.39, 0.29) is 0 Å². The molecule has 0 radical (unpaired) electrons. The summed E-state index contributed by atoms with van der Waals surface area (Å²) in [6.07, 6.45) is 7.30. The standard InChI is InChI=1S/C10H19N/c1-8-4-5-9-3-2-6-11-10(9)7-8/h8-11H,2-7H2,1H3. The van der Waals surface area contributed by atoms with E-state index >= 15 is 0 Å². The van der Waals surface area contributed by atoms with Crippen LogP contribution in [-0.2, 0) is 0 Å². The first-order valence-electron chi connectivity index (χ1n) is 5.09. The van der Waals surface area contributed by atoms with E-state index in [0.29, 0.717) is 0 Å². The van der Waals surface area contributed by atoms with Crippen molar-refractivity contribution in [2.75, 3.05) is 6.54 Å². The molecule has 0 aromatic carbocycles. The van der Waals surface area contributed by atoms with Gasteiger partial charge in [-0.05, 0) is 44.1 Å². The quantitative estimate of drug-likeness (QED) is 0.562. The minimum absolute atomic E-state index is 0.882. The summed E-state index contributed by atoms with van der Waals surface area (Å²) in [6, 6.07) is 0.882. The molecule has 0 aromatic rings. The van der Waals surface area contributed by atoms with Crippen molar-refractivity contribution in [2.24, 2.45) is 11.8 Å². The van der Waals surface area contributed by atoms with Gasteiger partial charge in [0.15, 0.2) is 0 Å². The first-order chi connectivity index (χ1) is 5.36. The van der Waals surface area contributed by atoms with Gasteiger partial charge in [-0.25, -0.2) is 0 Å². The Bertz CT molecular complexity index is 133. The third kappa shape index (κ3) is 1.58. The van der Waals surface area contributed by atoms with Crippen LogP contribution in [0.25, 0.3) is 0 Å². The van der Waals surface area contributed by atoms with E-state index in [1.54, 1.807) is 0 Å². The van der Waals surface area contributed by atoms with Crippen molar-refractivity contribution >= 4 is 0 Å². The molecule has 1 saturated heterocycles. The van der Waals surface area contributed by atoms with E-state index in [1.165, 1.54) is 38.6 Å². The number of hydrogen-bond donors (Lipinski definition) is 1. The molecular formula is C10H19N. The van der Waals surface area contributed by atoms with E-state index in [4.69, 9.17) is 0 Å². The maximum Gasteiger partial charge on any atom is 0.00978 e. The van der Waals surface area contributed by atoms with Gasteiger partial charge in [0.05, 0.1) is 0 Å². The van der Waals surface area contributed by atoms with Crippen molar-refractivity contribution in [1.82, 2.24) is 5.32 Å². The van der Waals surface area contributed by atoms with Gasteiger partial charge in [-0.3, -0.25) is 0 Å². The molecule has 0 aromatic heterocycles. The third-order valence-electron chi connectivity index (χ3n) is 3.41. The average molecular weight is 153 g/mol. The van der Waals surface area contributed by atoms with Crippen LogP contribution in [0.2, 0.25) is 0 Å². The molecule has 2 rings (SSSR count). The molecule has 1 aliphatic heterocycles. The predicted octanol–water partition coefficient (Wildman–Crippen LogP) is 2.17. The first kappa shape index (κ1) is 7.60. The van der Waals surface area contributed by atoms with Crippen molar-refractivity contribution < 1.29 is 0 Å². The normalized spacial score (nSPS) is 45.0. The molecule has 3 unspecified atom stereocenters. The number of hydrogen-bond acceptors (Lipinski definition) is 1. The van der Waals surface area contributed by atoms with Gasteiger partial charge in [0.2, 0.25) is 0 Å². The fraction of sp³-hybridized carbons (Fsp3) is 1.00. The van der Waals surface area contributed by atoms with Gasteiger partial charge < -0.3 is 5.32 Å². The van der Waals surface area contributed by atoms with E-state index in [1.807, 2.05) is 0 Å². The highest BCUT2D eigenvalue weighted by atomic mass is 14.9. The molecule has 2 aliphatic rings. The molecular weight excluding hydrogens is 134 g/mol. The lowest BCUT2D eigenvalue weighted by molar-refractivity contribution is 0.175. The average Bonchev–Trinajstić information content (AvgIpc) is 2.04. The topological polar surface area (TPSA) is 12.0 Å². The van der Waals surface area contributed by atoms with Gasteiger partial charge in [-0.2, -0.15) is 0 Å². The van der Waals surface area contributed by atoms with Crippen LogP contribution in [0.4, 0.5) is 0 Å². The summed E-state index contributed by atoms with van der Waals surface area (Å²) in [4.78, 5) is 0. The van der Waals surface area contributed by atoms with Crippen LogP contribution in [0.15, 0.2) is 0 Å². The lowest BCUT2D eigenvalue weighted by Crippen LogP contribution is -2.44. The van der Waals surface area contributed by atoms with Crippen molar-refractivity contribution in [1.29, 1.82) is 0 Å². The summed E-state index contributed by atoms with van der Waals surface area (Å²) >= 11 is 0. The molecule has 0 bridgehead atoms. The Hall–Kier alpha value is -0.0400. The molecule has 1 N–H and O–H groups in total. The monoisotopic (exact) mass is 153 g/mol. The molecule has 1 aliphatic carbocycles. The molecule has 1 saturated carbocycles. The fourth-order valence-corrected chi connectivity index (χ4v) is 2.69. The molecule has 1 heterocycles. The van der Waals surface area contributed by atoms with Gasteiger partial charge >= 0.3 is 0 Å². The summed E-state index contributed by atoms with van der Waals surface area (Å²) in [6.45, 7) is 3.67. The van der Waals surface area contributed by atoms with E-state index < -0.39 is 0 Å². The van der Waals surface area contributed by atoms with Gasteiger partial charge in [-0.15, -0.1) is 0 Å². The second-order valence-corrected chi connectivity index (χ2v) is 4.38. The van der Waals surface area contributed by atoms with E-state index in [9.17, 15) is 0 Å². The molecule has 64 valence electrons. The van der Waals surface area contributed by atoms with Gasteiger partial charge in [0, 0.05) is 6.04 Å². The highest BCUT2D eigenvalue weighted by Crippen LogP contribution is 2.33. The largest absolute Gasteiger partial charge is 0.314 e. The highest BCUT2D eigenvalue weighted by Gasteiger charge is 2.29. The van der Waals surface area contributed by atoms with E-state index in [0.717, 1.165) is 17.9 Å². The Morgan fingerprint density at radius 3 is 3.00 bits per heavy atom. The lowest BCUT2D eigenvalue weighted by atomic mass is 9.75. The number of nitrogens with one attached hydrogen (secondary N) is 1.